The van der Waals surface area contributed by atoms with Gasteiger partial charge in [-0.1, -0.05) is 6.92 Å². The molecule has 0 fully saturated rings. The van der Waals surface area contributed by atoms with Crippen molar-refractivity contribution in [1.29, 1.82) is 0 Å². The predicted molar refractivity (Wildman–Crippen MR) is 69.5 cm³/mol. The van der Waals surface area contributed by atoms with Crippen molar-refractivity contribution in [3.05, 3.63) is 24.2 Å². The lowest BCUT2D eigenvalue weighted by atomic mass is 10.2. The number of nitrogens with zero attached hydrogens (tertiary/aromatic N) is 5. The van der Waals surface area contributed by atoms with Crippen LogP contribution in [0.2, 0.25) is 0 Å². The zero-order valence-electron chi connectivity index (χ0n) is 10.6. The smallest absolute Gasteiger partial charge is 0.273 e. The minimum atomic E-state index is -0.473. The van der Waals surface area contributed by atoms with E-state index in [-0.39, 0.29) is 0 Å². The minimum Gasteiger partial charge on any atom is -0.383 e. The topological polar surface area (TPSA) is 119 Å². The summed E-state index contributed by atoms with van der Waals surface area (Å²) in [5.41, 5.74) is 9.50. The molecule has 0 unspecified atom stereocenters. The first-order chi connectivity index (χ1) is 9.61. The summed E-state index contributed by atoms with van der Waals surface area (Å²) in [6.07, 6.45) is 4.25. The summed E-state index contributed by atoms with van der Waals surface area (Å²) in [6.45, 7) is 1.91. The number of anilines is 1. The maximum absolute atomic E-state index is 11.5. The molecule has 9 nitrogen and oxygen atoms in total. The highest BCUT2D eigenvalue weighted by Gasteiger charge is 2.25. The molecule has 3 N–H and O–H groups in total. The second kappa shape index (κ2) is 4.30. The van der Waals surface area contributed by atoms with Gasteiger partial charge in [-0.25, -0.2) is 15.5 Å². The van der Waals surface area contributed by atoms with Crippen molar-refractivity contribution in [3.63, 3.8) is 0 Å². The van der Waals surface area contributed by atoms with Crippen LogP contribution < -0.4 is 11.3 Å². The Morgan fingerprint density at radius 1 is 1.25 bits per heavy atom. The molecule has 20 heavy (non-hydrogen) atoms. The summed E-state index contributed by atoms with van der Waals surface area (Å²) in [5, 5.41) is 5.69. The Kier molecular flexibility index (Phi) is 2.60. The molecule has 2 aromatic rings. The summed E-state index contributed by atoms with van der Waals surface area (Å²) >= 11 is 0. The molecule has 0 aromatic carbocycles. The Morgan fingerprint density at radius 3 is 2.60 bits per heavy atom. The van der Waals surface area contributed by atoms with Gasteiger partial charge in [0.05, 0.1) is 11.1 Å². The summed E-state index contributed by atoms with van der Waals surface area (Å²) in [7, 11) is 0. The standard InChI is InChI=1S/C11H11N7O2/c1-2-6-9-10(12)13-5-14-11(9)18(15-6)16-17-7(19)3-4-8(17)20/h3-5,16H,2H2,1H3,(H2,12,13,14). The molecule has 0 bridgehead atoms. The molecule has 102 valence electrons. The summed E-state index contributed by atoms with van der Waals surface area (Å²) in [5.74, 6) is -0.644. The largest absolute Gasteiger partial charge is 0.383 e. The number of nitrogen functional groups attached to an aromatic ring is 1. The SMILES string of the molecule is CCc1nn(NN2C(=O)C=CC2=O)c2ncnc(N)c12. The first kappa shape index (κ1) is 12.1. The van der Waals surface area contributed by atoms with Crippen LogP contribution in [0.4, 0.5) is 5.82 Å². The molecule has 0 saturated carbocycles. The normalized spacial score (nSPS) is 14.6. The average molecular weight is 273 g/mol. The van der Waals surface area contributed by atoms with Crippen LogP contribution in [0.25, 0.3) is 11.0 Å². The van der Waals surface area contributed by atoms with Gasteiger partial charge in [-0.3, -0.25) is 9.59 Å². The lowest BCUT2D eigenvalue weighted by Gasteiger charge is -2.15. The van der Waals surface area contributed by atoms with Crippen LogP contribution in [0.15, 0.2) is 18.5 Å². The third-order valence-electron chi connectivity index (χ3n) is 2.91. The number of carbonyl (C=O) groups excluding carboxylic acids is 2. The van der Waals surface area contributed by atoms with E-state index in [1.54, 1.807) is 0 Å². The van der Waals surface area contributed by atoms with Crippen LogP contribution in [0.3, 0.4) is 0 Å². The highest BCUT2D eigenvalue weighted by molar-refractivity contribution is 6.13. The van der Waals surface area contributed by atoms with Gasteiger partial charge < -0.3 is 5.73 Å². The quantitative estimate of drug-likeness (QED) is 0.713. The molecule has 3 heterocycles. The van der Waals surface area contributed by atoms with Gasteiger partial charge in [-0.15, -0.1) is 4.79 Å². The van der Waals surface area contributed by atoms with Crippen LogP contribution in [0, 0.1) is 0 Å². The number of aryl methyl sites for hydroxylation is 1. The number of hydrogen-bond donors (Lipinski definition) is 2. The fraction of sp³-hybridized carbons (Fsp3) is 0.182. The van der Waals surface area contributed by atoms with Crippen LogP contribution in [0.5, 0.6) is 0 Å². The molecular formula is C11H11N7O2. The molecule has 1 aliphatic rings. The summed E-state index contributed by atoms with van der Waals surface area (Å²) < 4.78 is 0. The summed E-state index contributed by atoms with van der Waals surface area (Å²) in [6, 6.07) is 0. The number of amides is 2. The van der Waals surface area contributed by atoms with Gasteiger partial charge in [0.25, 0.3) is 11.8 Å². The van der Waals surface area contributed by atoms with E-state index in [1.165, 1.54) is 23.3 Å². The van der Waals surface area contributed by atoms with Crippen molar-refractivity contribution in [2.24, 2.45) is 0 Å². The summed E-state index contributed by atoms with van der Waals surface area (Å²) in [4.78, 5) is 32.3. The Morgan fingerprint density at radius 2 is 1.95 bits per heavy atom. The van der Waals surface area contributed by atoms with Gasteiger partial charge in [-0.2, -0.15) is 10.1 Å². The number of hydrazine groups is 1. The van der Waals surface area contributed by atoms with Crippen molar-refractivity contribution in [1.82, 2.24) is 24.9 Å². The lowest BCUT2D eigenvalue weighted by Crippen LogP contribution is -2.41. The van der Waals surface area contributed by atoms with E-state index in [2.05, 4.69) is 20.6 Å². The molecular weight excluding hydrogens is 262 g/mol. The van der Waals surface area contributed by atoms with Gasteiger partial charge in [0.2, 0.25) is 0 Å². The highest BCUT2D eigenvalue weighted by Crippen LogP contribution is 2.21. The third kappa shape index (κ3) is 1.67. The molecule has 1 aliphatic heterocycles. The molecule has 0 atom stereocenters. The molecule has 0 radical (unpaired) electrons. The fourth-order valence-corrected chi connectivity index (χ4v) is 1.96. The van der Waals surface area contributed by atoms with Crippen molar-refractivity contribution >= 4 is 28.7 Å². The minimum absolute atomic E-state index is 0.303. The predicted octanol–water partition coefficient (Wildman–Crippen LogP) is -0.646. The first-order valence-electron chi connectivity index (χ1n) is 5.92. The van der Waals surface area contributed by atoms with Gasteiger partial charge >= 0.3 is 0 Å². The molecule has 0 saturated heterocycles. The van der Waals surface area contributed by atoms with E-state index < -0.39 is 11.8 Å². The highest BCUT2D eigenvalue weighted by atomic mass is 16.2. The van der Waals surface area contributed by atoms with E-state index in [4.69, 9.17) is 5.73 Å². The number of aromatic nitrogens is 4. The van der Waals surface area contributed by atoms with E-state index >= 15 is 0 Å². The number of nitrogens with one attached hydrogen (secondary N) is 1. The first-order valence-corrected chi connectivity index (χ1v) is 5.92. The van der Waals surface area contributed by atoms with Crippen molar-refractivity contribution in [2.45, 2.75) is 13.3 Å². The monoisotopic (exact) mass is 273 g/mol. The van der Waals surface area contributed by atoms with Gasteiger partial charge in [-0.05, 0) is 6.42 Å². The molecule has 2 amide bonds. The molecule has 2 aromatic heterocycles. The van der Waals surface area contributed by atoms with Crippen molar-refractivity contribution in [3.8, 4) is 0 Å². The number of nitrogens with two attached hydrogens (primary N) is 1. The number of fused-ring (bicyclic) bond motifs is 1. The van der Waals surface area contributed by atoms with Gasteiger partial charge in [0.15, 0.2) is 5.65 Å². The van der Waals surface area contributed by atoms with Crippen LogP contribution >= 0.6 is 0 Å². The van der Waals surface area contributed by atoms with Crippen LogP contribution in [0.1, 0.15) is 12.6 Å². The second-order valence-electron chi connectivity index (χ2n) is 4.11. The zero-order chi connectivity index (χ0) is 14.3. The molecule has 0 aliphatic carbocycles. The van der Waals surface area contributed by atoms with E-state index in [0.717, 1.165) is 5.01 Å². The van der Waals surface area contributed by atoms with E-state index in [0.29, 0.717) is 29.0 Å². The fourth-order valence-electron chi connectivity index (χ4n) is 1.96. The number of imide groups is 1. The lowest BCUT2D eigenvalue weighted by molar-refractivity contribution is -0.136. The number of hydrogen-bond acceptors (Lipinski definition) is 7. The number of rotatable bonds is 3. The molecule has 9 heteroatoms. The van der Waals surface area contributed by atoms with E-state index in [9.17, 15) is 9.59 Å². The Labute approximate surface area is 113 Å². The third-order valence-corrected chi connectivity index (χ3v) is 2.91. The Bertz CT molecular complexity index is 731. The average Bonchev–Trinajstić information content (AvgIpc) is 2.95. The number of carbonyl (C=O) groups is 2. The van der Waals surface area contributed by atoms with E-state index in [1.807, 2.05) is 6.92 Å². The van der Waals surface area contributed by atoms with Gasteiger partial charge in [0.1, 0.15) is 12.1 Å². The van der Waals surface area contributed by atoms with Crippen molar-refractivity contribution in [2.75, 3.05) is 11.3 Å². The van der Waals surface area contributed by atoms with Crippen LogP contribution in [-0.2, 0) is 16.0 Å². The maximum atomic E-state index is 11.5. The van der Waals surface area contributed by atoms with Gasteiger partial charge in [0, 0.05) is 12.2 Å². The molecule has 3 rings (SSSR count). The Hall–Kier alpha value is -2.97. The Balaban J connectivity index is 2.07. The van der Waals surface area contributed by atoms with Crippen molar-refractivity contribution < 1.29 is 9.59 Å². The maximum Gasteiger partial charge on any atom is 0.273 e. The second-order valence-corrected chi connectivity index (χ2v) is 4.11. The molecule has 0 spiro atoms. The zero-order valence-corrected chi connectivity index (χ0v) is 10.6. The van der Waals surface area contributed by atoms with Crippen LogP contribution in [-0.4, -0.2) is 36.7 Å².